The lowest BCUT2D eigenvalue weighted by Crippen LogP contribution is -2.48. The maximum atomic E-state index is 13.3. The quantitative estimate of drug-likeness (QED) is 0.798. The molecule has 2 fully saturated rings. The smallest absolute Gasteiger partial charge is 0.124 e. The van der Waals surface area contributed by atoms with Crippen LogP contribution in [0.4, 0.5) is 0 Å². The Morgan fingerprint density at radius 1 is 1.25 bits per heavy atom. The zero-order valence-corrected chi connectivity index (χ0v) is 17.2. The molecule has 1 aliphatic carbocycles. The second-order valence-electron chi connectivity index (χ2n) is 8.03. The van der Waals surface area contributed by atoms with Crippen molar-refractivity contribution in [2.24, 2.45) is 5.92 Å². The summed E-state index contributed by atoms with van der Waals surface area (Å²) in [5.41, 5.74) is 7.05. The summed E-state index contributed by atoms with van der Waals surface area (Å²) < 4.78 is 16.4. The average molecular weight is 415 g/mol. The fourth-order valence-corrected chi connectivity index (χ4v) is 8.59. The van der Waals surface area contributed by atoms with Gasteiger partial charge in [-0.25, -0.2) is 19.6 Å². The van der Waals surface area contributed by atoms with E-state index in [0.29, 0.717) is 17.1 Å². The number of hydrogen-bond donors (Lipinski definition) is 2. The number of nitrogens with one attached hydrogen (secondary N) is 2. The summed E-state index contributed by atoms with van der Waals surface area (Å²) in [7, 11) is -0.926. The second kappa shape index (κ2) is 6.40. The number of aromatic nitrogens is 4. The van der Waals surface area contributed by atoms with Gasteiger partial charge in [-0.2, -0.15) is 0 Å². The molecule has 0 radical (unpaired) electrons. The topological polar surface area (TPSA) is 84.7 Å². The fourth-order valence-electron chi connectivity index (χ4n) is 4.79. The number of aryl methyl sites for hydroxylation is 1. The van der Waals surface area contributed by atoms with E-state index in [1.54, 1.807) is 18.1 Å². The molecule has 1 saturated carbocycles. The molecule has 5 unspecified atom stereocenters. The zero-order valence-electron chi connectivity index (χ0n) is 15.5. The van der Waals surface area contributed by atoms with Crippen molar-refractivity contribution in [3.05, 3.63) is 51.9 Å². The number of fused-ring (bicyclic) bond motifs is 2. The third-order valence-electron chi connectivity index (χ3n) is 6.50. The minimum absolute atomic E-state index is 0.180. The number of imidazole rings is 1. The molecule has 9 heteroatoms. The van der Waals surface area contributed by atoms with Gasteiger partial charge in [0.15, 0.2) is 0 Å². The molecule has 146 valence electrons. The highest BCUT2D eigenvalue weighted by Gasteiger charge is 2.51. The largest absolute Gasteiger partial charge is 0.297 e. The van der Waals surface area contributed by atoms with Crippen molar-refractivity contribution in [1.29, 1.82) is 0 Å². The first kappa shape index (κ1) is 17.2. The third kappa shape index (κ3) is 2.45. The summed E-state index contributed by atoms with van der Waals surface area (Å²) in [6.45, 7) is 2.02. The molecule has 2 N–H and O–H groups in total. The lowest BCUT2D eigenvalue weighted by atomic mass is 9.77. The zero-order chi connectivity index (χ0) is 18.8. The van der Waals surface area contributed by atoms with Crippen LogP contribution in [-0.4, -0.2) is 34.5 Å². The minimum Gasteiger partial charge on any atom is -0.297 e. The van der Waals surface area contributed by atoms with Crippen LogP contribution in [0.5, 0.6) is 0 Å². The van der Waals surface area contributed by atoms with Gasteiger partial charge in [-0.3, -0.25) is 15.0 Å². The molecule has 6 rings (SSSR count). The molecule has 0 spiro atoms. The molecule has 5 heterocycles. The summed E-state index contributed by atoms with van der Waals surface area (Å²) in [6.07, 6.45) is 11.7. The molecule has 2 aromatic rings. The van der Waals surface area contributed by atoms with E-state index < -0.39 is 10.8 Å². The molecule has 3 aliphatic heterocycles. The Hall–Kier alpha value is -1.71. The van der Waals surface area contributed by atoms with Crippen LogP contribution in [0.2, 0.25) is 0 Å². The van der Waals surface area contributed by atoms with E-state index in [0.717, 1.165) is 40.6 Å². The van der Waals surface area contributed by atoms with Crippen molar-refractivity contribution in [3.63, 3.8) is 0 Å². The summed E-state index contributed by atoms with van der Waals surface area (Å²) in [4.78, 5) is 13.0. The van der Waals surface area contributed by atoms with Crippen molar-refractivity contribution in [1.82, 2.24) is 24.9 Å². The Labute approximate surface area is 170 Å². The number of nitrogens with zero attached hydrogens (tertiary/aromatic N) is 4. The summed E-state index contributed by atoms with van der Waals surface area (Å²) >= 11 is 1.77. The molecule has 0 bridgehead atoms. The predicted molar refractivity (Wildman–Crippen MR) is 109 cm³/mol. The van der Waals surface area contributed by atoms with Gasteiger partial charge in [0.05, 0.1) is 38.0 Å². The number of thioether (sulfide) groups is 1. The molecular formula is C19H22N6OS2. The highest BCUT2D eigenvalue weighted by atomic mass is 32.2. The Kier molecular flexibility index (Phi) is 3.92. The molecule has 5 atom stereocenters. The number of rotatable bonds is 3. The molecule has 4 aliphatic rings. The van der Waals surface area contributed by atoms with Crippen LogP contribution in [0.3, 0.4) is 0 Å². The first-order valence-electron chi connectivity index (χ1n) is 9.84. The molecule has 7 nitrogen and oxygen atoms in total. The fraction of sp³-hybridized carbons (Fsp3) is 0.526. The predicted octanol–water partition coefficient (Wildman–Crippen LogP) is 2.52. The molecule has 1 saturated heterocycles. The van der Waals surface area contributed by atoms with E-state index in [4.69, 9.17) is 0 Å². The highest BCUT2D eigenvalue weighted by molar-refractivity contribution is 8.17. The van der Waals surface area contributed by atoms with Gasteiger partial charge < -0.3 is 0 Å². The van der Waals surface area contributed by atoms with Gasteiger partial charge in [0.25, 0.3) is 0 Å². The van der Waals surface area contributed by atoms with Gasteiger partial charge in [0, 0.05) is 41.1 Å². The van der Waals surface area contributed by atoms with Gasteiger partial charge in [-0.1, -0.05) is 18.2 Å². The van der Waals surface area contributed by atoms with E-state index in [1.165, 1.54) is 12.1 Å². The van der Waals surface area contributed by atoms with E-state index in [1.807, 2.05) is 25.5 Å². The van der Waals surface area contributed by atoms with Gasteiger partial charge in [-0.05, 0) is 26.2 Å². The summed E-state index contributed by atoms with van der Waals surface area (Å²) in [5, 5.41) is 4.32. The Balaban J connectivity index is 1.43. The SMILES string of the molecule is Cc1ncc2n1NC1=C(S(=O)C3CCC3)SC3NC(c4cncnc4)CC2C13. The van der Waals surface area contributed by atoms with E-state index in [9.17, 15) is 4.21 Å². The average Bonchev–Trinajstić information content (AvgIpc) is 3.23. The Morgan fingerprint density at radius 2 is 2.07 bits per heavy atom. The lowest BCUT2D eigenvalue weighted by Gasteiger charge is -2.43. The van der Waals surface area contributed by atoms with Crippen LogP contribution in [0.25, 0.3) is 0 Å². The van der Waals surface area contributed by atoms with Crippen LogP contribution in [0.1, 0.15) is 54.7 Å². The number of piperidine rings is 1. The normalized spacial score (nSPS) is 32.3. The van der Waals surface area contributed by atoms with Crippen LogP contribution < -0.4 is 10.7 Å². The molecular weight excluding hydrogens is 392 g/mol. The summed E-state index contributed by atoms with van der Waals surface area (Å²) in [6, 6.07) is 0.180. The first-order valence-corrected chi connectivity index (χ1v) is 11.9. The van der Waals surface area contributed by atoms with Gasteiger partial charge >= 0.3 is 0 Å². The van der Waals surface area contributed by atoms with Crippen LogP contribution in [0, 0.1) is 12.8 Å². The molecule has 0 amide bonds. The van der Waals surface area contributed by atoms with Crippen molar-refractivity contribution in [2.45, 2.75) is 55.2 Å². The monoisotopic (exact) mass is 414 g/mol. The molecule has 28 heavy (non-hydrogen) atoms. The van der Waals surface area contributed by atoms with E-state index in [-0.39, 0.29) is 11.4 Å². The Bertz CT molecular complexity index is 986. The second-order valence-corrected chi connectivity index (χ2v) is 11.1. The Morgan fingerprint density at radius 3 is 2.82 bits per heavy atom. The van der Waals surface area contributed by atoms with E-state index in [2.05, 4.69) is 30.4 Å². The molecule has 2 aromatic heterocycles. The maximum Gasteiger partial charge on any atom is 0.124 e. The van der Waals surface area contributed by atoms with Crippen molar-refractivity contribution in [3.8, 4) is 0 Å². The summed E-state index contributed by atoms with van der Waals surface area (Å²) in [5.74, 6) is 1.58. The van der Waals surface area contributed by atoms with Crippen molar-refractivity contribution >= 4 is 22.6 Å². The molecule has 0 aromatic carbocycles. The van der Waals surface area contributed by atoms with Gasteiger partial charge in [-0.15, -0.1) is 0 Å². The lowest BCUT2D eigenvalue weighted by molar-refractivity contribution is 0.265. The van der Waals surface area contributed by atoms with Gasteiger partial charge in [0.1, 0.15) is 12.2 Å². The third-order valence-corrected chi connectivity index (χ3v) is 10.1. The highest BCUT2D eigenvalue weighted by Crippen LogP contribution is 2.56. The number of hydrogen-bond acceptors (Lipinski definition) is 7. The standard InChI is InChI=1S/C19H22N6OS2/c1-10-22-8-15-13-5-14(11-6-20-9-21-7-11)23-18-16(13)17(24-25(10)15)19(27-18)28(26)12-3-2-4-12/h6-9,12-14,16,18,23-24H,2-5H2,1H3. The van der Waals surface area contributed by atoms with Crippen molar-refractivity contribution in [2.75, 3.05) is 5.43 Å². The maximum absolute atomic E-state index is 13.3. The van der Waals surface area contributed by atoms with E-state index >= 15 is 0 Å². The van der Waals surface area contributed by atoms with Crippen LogP contribution in [-0.2, 0) is 10.8 Å². The van der Waals surface area contributed by atoms with Crippen molar-refractivity contribution < 1.29 is 4.21 Å². The van der Waals surface area contributed by atoms with Crippen LogP contribution >= 0.6 is 11.8 Å². The minimum atomic E-state index is -0.926. The van der Waals surface area contributed by atoms with Gasteiger partial charge in [0.2, 0.25) is 0 Å². The first-order chi connectivity index (χ1) is 13.7. The van der Waals surface area contributed by atoms with Crippen LogP contribution in [0.15, 0.2) is 34.9 Å².